The van der Waals surface area contributed by atoms with Gasteiger partial charge in [0.2, 0.25) is 11.8 Å². The Morgan fingerprint density at radius 3 is 2.35 bits per heavy atom. The van der Waals surface area contributed by atoms with E-state index < -0.39 is 0 Å². The third-order valence-electron chi connectivity index (χ3n) is 4.34. The molecule has 31 heavy (non-hydrogen) atoms. The number of amides is 1. The SMILES string of the molecule is COc1ccc(NC(=O)COc2cc(C)nc(Nc3cc(C)cc(C)c3)n2)c(OC)c1. The number of nitrogens with zero attached hydrogens (tertiary/aromatic N) is 2. The number of carbonyl (C=O) groups is 1. The monoisotopic (exact) mass is 422 g/mol. The van der Waals surface area contributed by atoms with Crippen LogP contribution in [0.1, 0.15) is 16.8 Å². The van der Waals surface area contributed by atoms with Crippen LogP contribution in [0.2, 0.25) is 0 Å². The number of ether oxygens (including phenoxy) is 3. The lowest BCUT2D eigenvalue weighted by Gasteiger charge is -2.13. The first-order chi connectivity index (χ1) is 14.9. The van der Waals surface area contributed by atoms with Crippen LogP contribution in [0, 0.1) is 20.8 Å². The van der Waals surface area contributed by atoms with E-state index in [4.69, 9.17) is 14.2 Å². The average molecular weight is 422 g/mol. The fourth-order valence-electron chi connectivity index (χ4n) is 3.07. The molecule has 2 aromatic carbocycles. The Bertz CT molecular complexity index is 1060. The second-order valence-corrected chi connectivity index (χ2v) is 7.08. The van der Waals surface area contributed by atoms with Gasteiger partial charge < -0.3 is 24.8 Å². The topological polar surface area (TPSA) is 94.6 Å². The van der Waals surface area contributed by atoms with E-state index in [-0.39, 0.29) is 12.5 Å². The lowest BCUT2D eigenvalue weighted by molar-refractivity contribution is -0.118. The number of anilines is 3. The molecule has 0 radical (unpaired) electrons. The molecule has 0 saturated heterocycles. The summed E-state index contributed by atoms with van der Waals surface area (Å²) in [5, 5.41) is 5.95. The summed E-state index contributed by atoms with van der Waals surface area (Å²) in [6, 6.07) is 12.9. The van der Waals surface area contributed by atoms with Crippen molar-refractivity contribution in [2.75, 3.05) is 31.5 Å². The second-order valence-electron chi connectivity index (χ2n) is 7.08. The van der Waals surface area contributed by atoms with Crippen molar-refractivity contribution in [2.45, 2.75) is 20.8 Å². The van der Waals surface area contributed by atoms with Crippen molar-refractivity contribution in [3.05, 3.63) is 59.3 Å². The van der Waals surface area contributed by atoms with E-state index in [1.54, 1.807) is 31.4 Å². The zero-order valence-corrected chi connectivity index (χ0v) is 18.3. The van der Waals surface area contributed by atoms with Gasteiger partial charge >= 0.3 is 0 Å². The number of nitrogens with one attached hydrogen (secondary N) is 2. The molecular formula is C23H26N4O4. The Morgan fingerprint density at radius 1 is 0.935 bits per heavy atom. The predicted octanol–water partition coefficient (Wildman–Crippen LogP) is 4.18. The molecule has 0 atom stereocenters. The number of hydrogen-bond donors (Lipinski definition) is 2. The quantitative estimate of drug-likeness (QED) is 0.562. The van der Waals surface area contributed by atoms with Crippen LogP contribution in [0.4, 0.5) is 17.3 Å². The van der Waals surface area contributed by atoms with E-state index >= 15 is 0 Å². The zero-order valence-electron chi connectivity index (χ0n) is 18.3. The van der Waals surface area contributed by atoms with Crippen molar-refractivity contribution in [1.29, 1.82) is 0 Å². The molecule has 0 aliphatic heterocycles. The summed E-state index contributed by atoms with van der Waals surface area (Å²) < 4.78 is 16.1. The van der Waals surface area contributed by atoms with Crippen molar-refractivity contribution in [2.24, 2.45) is 0 Å². The van der Waals surface area contributed by atoms with Crippen molar-refractivity contribution in [3.8, 4) is 17.4 Å². The Kier molecular flexibility index (Phi) is 6.92. The fraction of sp³-hybridized carbons (Fsp3) is 0.261. The highest BCUT2D eigenvalue weighted by atomic mass is 16.5. The van der Waals surface area contributed by atoms with Crippen molar-refractivity contribution in [3.63, 3.8) is 0 Å². The van der Waals surface area contributed by atoms with Crippen molar-refractivity contribution < 1.29 is 19.0 Å². The van der Waals surface area contributed by atoms with Gasteiger partial charge in [-0.15, -0.1) is 0 Å². The molecular weight excluding hydrogens is 396 g/mol. The summed E-state index contributed by atoms with van der Waals surface area (Å²) >= 11 is 0. The van der Waals surface area contributed by atoms with E-state index in [0.717, 1.165) is 16.8 Å². The molecule has 8 heteroatoms. The van der Waals surface area contributed by atoms with Crippen molar-refractivity contribution >= 4 is 23.2 Å². The summed E-state index contributed by atoms with van der Waals surface area (Å²) in [6.45, 7) is 5.68. The Hall–Kier alpha value is -3.81. The Morgan fingerprint density at radius 2 is 1.68 bits per heavy atom. The average Bonchev–Trinajstić information content (AvgIpc) is 2.71. The maximum Gasteiger partial charge on any atom is 0.262 e. The van der Waals surface area contributed by atoms with Gasteiger partial charge in [-0.3, -0.25) is 4.79 Å². The summed E-state index contributed by atoms with van der Waals surface area (Å²) in [5.41, 5.74) is 4.40. The van der Waals surface area contributed by atoms with Crippen LogP contribution in [0.5, 0.6) is 17.4 Å². The molecule has 0 aliphatic rings. The Labute approximate surface area is 181 Å². The smallest absolute Gasteiger partial charge is 0.262 e. The number of carbonyl (C=O) groups excluding carboxylic acids is 1. The van der Waals surface area contributed by atoms with Crippen LogP contribution in [-0.4, -0.2) is 36.7 Å². The number of aryl methyl sites for hydroxylation is 3. The van der Waals surface area contributed by atoms with Gasteiger partial charge in [-0.25, -0.2) is 4.98 Å². The fourth-order valence-corrected chi connectivity index (χ4v) is 3.07. The molecule has 3 rings (SSSR count). The molecule has 0 spiro atoms. The lowest BCUT2D eigenvalue weighted by Crippen LogP contribution is -2.21. The van der Waals surface area contributed by atoms with Gasteiger partial charge in [-0.05, 0) is 56.2 Å². The van der Waals surface area contributed by atoms with Gasteiger partial charge in [0.15, 0.2) is 6.61 Å². The van der Waals surface area contributed by atoms with E-state index in [9.17, 15) is 4.79 Å². The number of aromatic nitrogens is 2. The molecule has 0 saturated carbocycles. The Balaban J connectivity index is 1.65. The number of benzene rings is 2. The van der Waals surface area contributed by atoms with E-state index in [2.05, 4.69) is 26.7 Å². The molecule has 162 valence electrons. The lowest BCUT2D eigenvalue weighted by atomic mass is 10.1. The molecule has 1 heterocycles. The van der Waals surface area contributed by atoms with Gasteiger partial charge in [0.05, 0.1) is 19.9 Å². The normalized spacial score (nSPS) is 10.4. The summed E-state index contributed by atoms with van der Waals surface area (Å²) in [7, 11) is 3.09. The molecule has 0 unspecified atom stereocenters. The molecule has 1 amide bonds. The number of rotatable bonds is 8. The molecule has 0 bridgehead atoms. The maximum absolute atomic E-state index is 12.4. The van der Waals surface area contributed by atoms with Crippen LogP contribution >= 0.6 is 0 Å². The molecule has 8 nitrogen and oxygen atoms in total. The van der Waals surface area contributed by atoms with Gasteiger partial charge in [0, 0.05) is 23.5 Å². The van der Waals surface area contributed by atoms with Gasteiger partial charge in [-0.1, -0.05) is 6.07 Å². The molecule has 3 aromatic rings. The third-order valence-corrected chi connectivity index (χ3v) is 4.34. The second kappa shape index (κ2) is 9.80. The van der Waals surface area contributed by atoms with Crippen LogP contribution in [0.25, 0.3) is 0 Å². The van der Waals surface area contributed by atoms with E-state index in [1.807, 2.05) is 32.9 Å². The van der Waals surface area contributed by atoms with Gasteiger partial charge in [0.25, 0.3) is 5.91 Å². The zero-order chi connectivity index (χ0) is 22.4. The summed E-state index contributed by atoms with van der Waals surface area (Å²) in [4.78, 5) is 21.1. The summed E-state index contributed by atoms with van der Waals surface area (Å²) in [5.74, 6) is 1.48. The van der Waals surface area contributed by atoms with Crippen LogP contribution in [0.15, 0.2) is 42.5 Å². The van der Waals surface area contributed by atoms with Crippen LogP contribution in [0.3, 0.4) is 0 Å². The molecule has 2 N–H and O–H groups in total. The largest absolute Gasteiger partial charge is 0.497 e. The minimum Gasteiger partial charge on any atom is -0.497 e. The van der Waals surface area contributed by atoms with Crippen LogP contribution < -0.4 is 24.8 Å². The third kappa shape index (κ3) is 6.08. The minimum absolute atomic E-state index is 0.214. The summed E-state index contributed by atoms with van der Waals surface area (Å²) in [6.07, 6.45) is 0. The number of hydrogen-bond acceptors (Lipinski definition) is 7. The number of methoxy groups -OCH3 is 2. The molecule has 0 fully saturated rings. The molecule has 0 aliphatic carbocycles. The predicted molar refractivity (Wildman–Crippen MR) is 120 cm³/mol. The first-order valence-corrected chi connectivity index (χ1v) is 9.72. The van der Waals surface area contributed by atoms with Gasteiger partial charge in [-0.2, -0.15) is 4.98 Å². The first-order valence-electron chi connectivity index (χ1n) is 9.72. The van der Waals surface area contributed by atoms with E-state index in [1.165, 1.54) is 7.11 Å². The maximum atomic E-state index is 12.4. The molecule has 1 aromatic heterocycles. The van der Waals surface area contributed by atoms with E-state index in [0.29, 0.717) is 34.7 Å². The highest BCUT2D eigenvalue weighted by Crippen LogP contribution is 2.29. The van der Waals surface area contributed by atoms with Gasteiger partial charge in [0.1, 0.15) is 11.5 Å². The highest BCUT2D eigenvalue weighted by Gasteiger charge is 2.11. The minimum atomic E-state index is -0.344. The highest BCUT2D eigenvalue weighted by molar-refractivity contribution is 5.93. The van der Waals surface area contributed by atoms with Crippen LogP contribution in [-0.2, 0) is 4.79 Å². The standard InChI is InChI=1S/C23H26N4O4/c1-14-8-15(2)10-17(9-14)25-23-24-16(3)11-22(27-23)31-13-21(28)26-19-7-6-18(29-4)12-20(19)30-5/h6-12H,13H2,1-5H3,(H,26,28)(H,24,25,27). The van der Waals surface area contributed by atoms with Crippen molar-refractivity contribution in [1.82, 2.24) is 9.97 Å². The first kappa shape index (κ1) is 21.9.